The molecule has 1 saturated carbocycles. The van der Waals surface area contributed by atoms with Gasteiger partial charge in [0.1, 0.15) is 0 Å². The Hall–Kier alpha value is -0.170. The van der Waals surface area contributed by atoms with Crippen LogP contribution in [0.4, 0.5) is 0 Å². The molecule has 1 rings (SSSR count). The summed E-state index contributed by atoms with van der Waals surface area (Å²) in [6.07, 6.45) is 5.08. The Morgan fingerprint density at radius 1 is 1.35 bits per heavy atom. The maximum atomic E-state index is 12.0. The highest BCUT2D eigenvalue weighted by molar-refractivity contribution is 7.87. The Bertz CT molecular complexity index is 319. The number of hydrogen-bond donors (Lipinski definition) is 2. The Kier molecular flexibility index (Phi) is 5.85. The predicted molar refractivity (Wildman–Crippen MR) is 69.8 cm³/mol. The third-order valence-electron chi connectivity index (χ3n) is 3.50. The van der Waals surface area contributed by atoms with Crippen molar-refractivity contribution in [2.45, 2.75) is 45.1 Å². The molecule has 0 radical (unpaired) electrons. The molecule has 3 N–H and O–H groups in total. The summed E-state index contributed by atoms with van der Waals surface area (Å²) in [5.74, 6) is 0.432. The molecule has 0 spiro atoms. The van der Waals surface area contributed by atoms with Gasteiger partial charge in [-0.2, -0.15) is 17.4 Å². The third-order valence-corrected chi connectivity index (χ3v) is 5.10. The van der Waals surface area contributed by atoms with Crippen molar-refractivity contribution in [1.29, 1.82) is 0 Å². The second kappa shape index (κ2) is 6.68. The summed E-state index contributed by atoms with van der Waals surface area (Å²) in [6.45, 7) is 3.11. The van der Waals surface area contributed by atoms with E-state index in [9.17, 15) is 8.42 Å². The van der Waals surface area contributed by atoms with Crippen LogP contribution in [0.25, 0.3) is 0 Å². The van der Waals surface area contributed by atoms with Crippen molar-refractivity contribution in [3.8, 4) is 0 Å². The molecule has 0 amide bonds. The molecule has 0 aromatic rings. The summed E-state index contributed by atoms with van der Waals surface area (Å²) in [6, 6.07) is 0.0917. The zero-order valence-corrected chi connectivity index (χ0v) is 11.7. The summed E-state index contributed by atoms with van der Waals surface area (Å²) >= 11 is 0. The highest BCUT2D eigenvalue weighted by Gasteiger charge is 2.27. The smallest absolute Gasteiger partial charge is 0.279 e. The molecule has 102 valence electrons. The fourth-order valence-corrected chi connectivity index (χ4v) is 3.49. The molecule has 6 heteroatoms. The quantitative estimate of drug-likeness (QED) is 0.740. The molecule has 17 heavy (non-hydrogen) atoms. The van der Waals surface area contributed by atoms with Crippen LogP contribution in [-0.2, 0) is 10.2 Å². The number of nitrogens with zero attached hydrogens (tertiary/aromatic N) is 1. The molecule has 1 aliphatic carbocycles. The lowest BCUT2D eigenvalue weighted by Gasteiger charge is -2.30. The molecule has 0 saturated heterocycles. The second-order valence-electron chi connectivity index (χ2n) is 4.95. The number of rotatable bonds is 6. The van der Waals surface area contributed by atoms with E-state index >= 15 is 0 Å². The van der Waals surface area contributed by atoms with Gasteiger partial charge in [-0.25, -0.2) is 0 Å². The Labute approximate surface area is 105 Å². The average molecular weight is 263 g/mol. The first kappa shape index (κ1) is 14.9. The molecule has 1 fully saturated rings. The Morgan fingerprint density at radius 2 is 2.00 bits per heavy atom. The van der Waals surface area contributed by atoms with Crippen LogP contribution >= 0.6 is 0 Å². The highest BCUT2D eigenvalue weighted by atomic mass is 32.2. The van der Waals surface area contributed by atoms with Crippen LogP contribution in [0.1, 0.15) is 39.0 Å². The van der Waals surface area contributed by atoms with E-state index in [2.05, 4.69) is 11.6 Å². The minimum Gasteiger partial charge on any atom is -0.330 e. The van der Waals surface area contributed by atoms with Crippen LogP contribution in [0, 0.1) is 5.92 Å². The van der Waals surface area contributed by atoms with E-state index < -0.39 is 10.2 Å². The van der Waals surface area contributed by atoms with Crippen LogP contribution in [0.5, 0.6) is 0 Å². The zero-order valence-electron chi connectivity index (χ0n) is 10.9. The van der Waals surface area contributed by atoms with E-state index in [0.717, 1.165) is 19.3 Å². The van der Waals surface area contributed by atoms with Crippen molar-refractivity contribution in [2.24, 2.45) is 11.7 Å². The van der Waals surface area contributed by atoms with Crippen LogP contribution < -0.4 is 10.5 Å². The molecule has 0 aliphatic heterocycles. The SMILES string of the molecule is CC1CCCCC1NS(=O)(=O)N(C)CCCN. The monoisotopic (exact) mass is 263 g/mol. The molecule has 5 nitrogen and oxygen atoms in total. The maximum absolute atomic E-state index is 12.0. The van der Waals surface area contributed by atoms with Crippen molar-refractivity contribution < 1.29 is 8.42 Å². The van der Waals surface area contributed by atoms with Gasteiger partial charge in [-0.05, 0) is 31.7 Å². The van der Waals surface area contributed by atoms with Gasteiger partial charge in [0.2, 0.25) is 0 Å². The van der Waals surface area contributed by atoms with Gasteiger partial charge in [0.05, 0.1) is 0 Å². The Morgan fingerprint density at radius 3 is 2.59 bits per heavy atom. The lowest BCUT2D eigenvalue weighted by molar-refractivity contribution is 0.304. The van der Waals surface area contributed by atoms with Gasteiger partial charge in [-0.15, -0.1) is 0 Å². The highest BCUT2D eigenvalue weighted by Crippen LogP contribution is 2.24. The lowest BCUT2D eigenvalue weighted by atomic mass is 9.87. The van der Waals surface area contributed by atoms with Gasteiger partial charge in [-0.3, -0.25) is 0 Å². The molecule has 2 atom stereocenters. The van der Waals surface area contributed by atoms with Gasteiger partial charge in [0.15, 0.2) is 0 Å². The van der Waals surface area contributed by atoms with Gasteiger partial charge >= 0.3 is 0 Å². The van der Waals surface area contributed by atoms with E-state index in [4.69, 9.17) is 5.73 Å². The van der Waals surface area contributed by atoms with E-state index in [0.29, 0.717) is 25.4 Å². The van der Waals surface area contributed by atoms with E-state index in [-0.39, 0.29) is 6.04 Å². The third kappa shape index (κ3) is 4.54. The van der Waals surface area contributed by atoms with Crippen LogP contribution in [0.2, 0.25) is 0 Å². The molecule has 0 aromatic carbocycles. The molecule has 0 bridgehead atoms. The van der Waals surface area contributed by atoms with Gasteiger partial charge < -0.3 is 5.73 Å². The minimum absolute atomic E-state index is 0.0917. The molecular weight excluding hydrogens is 238 g/mol. The van der Waals surface area contributed by atoms with Crippen LogP contribution in [-0.4, -0.2) is 38.9 Å². The van der Waals surface area contributed by atoms with E-state index in [1.165, 1.54) is 10.7 Å². The topological polar surface area (TPSA) is 75.4 Å². The molecule has 0 aromatic heterocycles. The van der Waals surface area contributed by atoms with Crippen LogP contribution in [0.15, 0.2) is 0 Å². The second-order valence-corrected chi connectivity index (χ2v) is 6.76. The predicted octanol–water partition coefficient (Wildman–Crippen LogP) is 0.680. The van der Waals surface area contributed by atoms with E-state index in [1.54, 1.807) is 7.05 Å². The maximum Gasteiger partial charge on any atom is 0.279 e. The fourth-order valence-electron chi connectivity index (χ4n) is 2.21. The van der Waals surface area contributed by atoms with Crippen LogP contribution in [0.3, 0.4) is 0 Å². The number of hydrogen-bond acceptors (Lipinski definition) is 3. The summed E-state index contributed by atoms with van der Waals surface area (Å²) < 4.78 is 28.2. The molecule has 0 heterocycles. The normalized spacial score (nSPS) is 26.4. The van der Waals surface area contributed by atoms with Gasteiger partial charge in [0.25, 0.3) is 10.2 Å². The molecule has 2 unspecified atom stereocenters. The number of nitrogens with two attached hydrogens (primary N) is 1. The molecular formula is C11H25N3O2S. The summed E-state index contributed by atoms with van der Waals surface area (Å²) in [5, 5.41) is 0. The zero-order chi connectivity index (χ0) is 12.9. The van der Waals surface area contributed by atoms with Gasteiger partial charge in [0, 0.05) is 19.6 Å². The van der Waals surface area contributed by atoms with Crippen molar-refractivity contribution in [1.82, 2.24) is 9.03 Å². The standard InChI is InChI=1S/C11H25N3O2S/c1-10-6-3-4-7-11(10)13-17(15,16)14(2)9-5-8-12/h10-11,13H,3-9,12H2,1-2H3. The van der Waals surface area contributed by atoms with Gasteiger partial charge in [-0.1, -0.05) is 19.8 Å². The summed E-state index contributed by atoms with van der Waals surface area (Å²) in [7, 11) is -1.73. The van der Waals surface area contributed by atoms with Crippen molar-refractivity contribution >= 4 is 10.2 Å². The van der Waals surface area contributed by atoms with Crippen molar-refractivity contribution in [2.75, 3.05) is 20.1 Å². The summed E-state index contributed by atoms with van der Waals surface area (Å²) in [5.41, 5.74) is 5.38. The Balaban J connectivity index is 2.52. The largest absolute Gasteiger partial charge is 0.330 e. The lowest BCUT2D eigenvalue weighted by Crippen LogP contribution is -2.47. The first-order valence-electron chi connectivity index (χ1n) is 6.41. The average Bonchev–Trinajstić information content (AvgIpc) is 2.28. The van der Waals surface area contributed by atoms with Crippen molar-refractivity contribution in [3.63, 3.8) is 0 Å². The first-order valence-corrected chi connectivity index (χ1v) is 7.85. The summed E-state index contributed by atoms with van der Waals surface area (Å²) in [4.78, 5) is 0. The van der Waals surface area contributed by atoms with Crippen molar-refractivity contribution in [3.05, 3.63) is 0 Å². The van der Waals surface area contributed by atoms with E-state index in [1.807, 2.05) is 0 Å². The fraction of sp³-hybridized carbons (Fsp3) is 1.00. The molecule has 1 aliphatic rings. The first-order chi connectivity index (χ1) is 7.97. The number of nitrogens with one attached hydrogen (secondary N) is 1. The minimum atomic E-state index is -3.34.